The Labute approximate surface area is 187 Å². The number of hydrogen-bond acceptors (Lipinski definition) is 7. The Bertz CT molecular complexity index is 1190. The fraction of sp³-hybridized carbons (Fsp3) is 0.348. The number of nitrogens with zero attached hydrogens (tertiary/aromatic N) is 1. The Hall–Kier alpha value is -3.20. The summed E-state index contributed by atoms with van der Waals surface area (Å²) in [5, 5.41) is 0. The summed E-state index contributed by atoms with van der Waals surface area (Å²) in [5.74, 6) is -1.01. The van der Waals surface area contributed by atoms with Gasteiger partial charge in [-0.05, 0) is 43.2 Å². The van der Waals surface area contributed by atoms with Gasteiger partial charge in [0.1, 0.15) is 15.6 Å². The lowest BCUT2D eigenvalue weighted by molar-refractivity contribution is -0.116. The highest BCUT2D eigenvalue weighted by Crippen LogP contribution is 2.37. The number of sulfone groups is 1. The van der Waals surface area contributed by atoms with E-state index in [0.29, 0.717) is 29.2 Å². The summed E-state index contributed by atoms with van der Waals surface area (Å²) >= 11 is 0. The van der Waals surface area contributed by atoms with Crippen LogP contribution in [0, 0.1) is 0 Å². The highest BCUT2D eigenvalue weighted by atomic mass is 32.2. The van der Waals surface area contributed by atoms with Crippen LogP contribution in [0.2, 0.25) is 0 Å². The molecule has 1 aliphatic heterocycles. The van der Waals surface area contributed by atoms with Gasteiger partial charge < -0.3 is 9.47 Å². The molecule has 0 aromatic heterocycles. The molecule has 0 aliphatic carbocycles. The summed E-state index contributed by atoms with van der Waals surface area (Å²) in [4.78, 5) is 39.3. The van der Waals surface area contributed by atoms with Gasteiger partial charge in [0, 0.05) is 12.7 Å². The van der Waals surface area contributed by atoms with Crippen LogP contribution in [0.15, 0.2) is 36.4 Å². The molecule has 0 saturated carbocycles. The normalized spacial score (nSPS) is 14.3. The first-order valence-electron chi connectivity index (χ1n) is 10.0. The number of fused-ring (bicyclic) bond motifs is 1. The van der Waals surface area contributed by atoms with Gasteiger partial charge in [0.25, 0.3) is 11.8 Å². The minimum atomic E-state index is -3.59. The Kier molecular flexibility index (Phi) is 6.68. The van der Waals surface area contributed by atoms with Crippen LogP contribution in [0.5, 0.6) is 11.5 Å². The van der Waals surface area contributed by atoms with Crippen molar-refractivity contribution in [3.63, 3.8) is 0 Å². The fourth-order valence-corrected chi connectivity index (χ4v) is 4.76. The third-order valence-corrected chi connectivity index (χ3v) is 6.04. The lowest BCUT2D eigenvalue weighted by Gasteiger charge is -2.27. The van der Waals surface area contributed by atoms with Gasteiger partial charge in [0.2, 0.25) is 0 Å². The van der Waals surface area contributed by atoms with Crippen molar-refractivity contribution < 1.29 is 32.3 Å². The van der Waals surface area contributed by atoms with Gasteiger partial charge in [-0.2, -0.15) is 0 Å². The third-order valence-electron chi connectivity index (χ3n) is 5.12. The largest absolute Gasteiger partial charge is 0.493 e. The molecule has 0 spiro atoms. The molecule has 0 fully saturated rings. The minimum absolute atomic E-state index is 0.00377. The molecule has 170 valence electrons. The van der Waals surface area contributed by atoms with E-state index in [9.17, 15) is 22.8 Å². The minimum Gasteiger partial charge on any atom is -0.493 e. The van der Waals surface area contributed by atoms with Gasteiger partial charge in [-0.1, -0.05) is 18.2 Å². The van der Waals surface area contributed by atoms with E-state index in [2.05, 4.69) is 0 Å². The van der Waals surface area contributed by atoms with Crippen LogP contribution >= 0.6 is 0 Å². The van der Waals surface area contributed by atoms with Crippen LogP contribution in [-0.4, -0.2) is 56.6 Å². The first-order chi connectivity index (χ1) is 15.1. The quantitative estimate of drug-likeness (QED) is 0.531. The van der Waals surface area contributed by atoms with Gasteiger partial charge in [-0.3, -0.25) is 19.3 Å². The fourth-order valence-electron chi connectivity index (χ4n) is 3.85. The van der Waals surface area contributed by atoms with Gasteiger partial charge >= 0.3 is 0 Å². The molecule has 2 aromatic rings. The molecule has 8 nitrogen and oxygen atoms in total. The molecule has 0 radical (unpaired) electrons. The monoisotopic (exact) mass is 459 g/mol. The predicted molar refractivity (Wildman–Crippen MR) is 118 cm³/mol. The second-order valence-electron chi connectivity index (χ2n) is 7.65. The topological polar surface area (TPSA) is 107 Å². The SMILES string of the molecule is CCOc1cc(C(CS(C)(=O)=O)N2C(=O)c3cccc(CC(C)=O)c3C2=O)ccc1OC. The first kappa shape index (κ1) is 23.5. The van der Waals surface area contributed by atoms with E-state index in [1.54, 1.807) is 37.3 Å². The molecule has 2 amide bonds. The van der Waals surface area contributed by atoms with Crippen LogP contribution in [0.1, 0.15) is 51.7 Å². The molecule has 2 aromatic carbocycles. The van der Waals surface area contributed by atoms with Crippen LogP contribution < -0.4 is 9.47 Å². The van der Waals surface area contributed by atoms with Crippen molar-refractivity contribution in [2.24, 2.45) is 0 Å². The van der Waals surface area contributed by atoms with Crippen molar-refractivity contribution >= 4 is 27.4 Å². The lowest BCUT2D eigenvalue weighted by atomic mass is 9.99. The maximum atomic E-state index is 13.4. The number of carbonyl (C=O) groups excluding carboxylic acids is 3. The summed E-state index contributed by atoms with van der Waals surface area (Å²) in [6.07, 6.45) is 1.05. The number of carbonyl (C=O) groups is 3. The summed E-state index contributed by atoms with van der Waals surface area (Å²) in [5.41, 5.74) is 1.16. The van der Waals surface area contributed by atoms with Gasteiger partial charge in [0.05, 0.1) is 36.6 Å². The standard InChI is InChI=1S/C23H25NO7S/c1-5-31-20-12-15(9-10-19(20)30-3)18(13-32(4,28)29)24-22(26)17-8-6-7-16(11-14(2)25)21(17)23(24)27/h6-10,12,18H,5,11,13H2,1-4H3. The van der Waals surface area contributed by atoms with Gasteiger partial charge in [-0.15, -0.1) is 0 Å². The smallest absolute Gasteiger partial charge is 0.262 e. The second-order valence-corrected chi connectivity index (χ2v) is 9.84. The third kappa shape index (κ3) is 4.67. The number of ether oxygens (including phenoxy) is 2. The highest BCUT2D eigenvalue weighted by Gasteiger charge is 2.43. The van der Waals surface area contributed by atoms with E-state index >= 15 is 0 Å². The number of ketones is 1. The lowest BCUT2D eigenvalue weighted by Crippen LogP contribution is -2.37. The van der Waals surface area contributed by atoms with E-state index in [1.807, 2.05) is 0 Å². The number of hydrogen-bond donors (Lipinski definition) is 0. The van der Waals surface area contributed by atoms with Crippen LogP contribution in [-0.2, 0) is 21.1 Å². The zero-order chi connectivity index (χ0) is 23.6. The Morgan fingerprint density at radius 1 is 1.09 bits per heavy atom. The van der Waals surface area contributed by atoms with Crippen LogP contribution in [0.25, 0.3) is 0 Å². The Morgan fingerprint density at radius 2 is 1.81 bits per heavy atom. The van der Waals surface area contributed by atoms with Gasteiger partial charge in [0.15, 0.2) is 11.5 Å². The van der Waals surface area contributed by atoms with E-state index < -0.39 is 33.4 Å². The second kappa shape index (κ2) is 9.12. The zero-order valence-corrected chi connectivity index (χ0v) is 19.2. The summed E-state index contributed by atoms with van der Waals surface area (Å²) in [7, 11) is -2.11. The maximum Gasteiger partial charge on any atom is 0.262 e. The average molecular weight is 460 g/mol. The molecule has 1 aliphatic rings. The number of Topliss-reactive ketones (excluding diaryl/α,β-unsaturated/α-hetero) is 1. The van der Waals surface area contributed by atoms with Crippen LogP contribution in [0.3, 0.4) is 0 Å². The molecule has 0 bridgehead atoms. The summed E-state index contributed by atoms with van der Waals surface area (Å²) < 4.78 is 35.4. The highest BCUT2D eigenvalue weighted by molar-refractivity contribution is 7.90. The molecule has 0 saturated heterocycles. The molecular formula is C23H25NO7S. The number of rotatable bonds is 9. The molecule has 9 heteroatoms. The molecular weight excluding hydrogens is 434 g/mol. The van der Waals surface area contributed by atoms with E-state index in [-0.39, 0.29) is 23.3 Å². The summed E-state index contributed by atoms with van der Waals surface area (Å²) in [6, 6.07) is 8.47. The van der Waals surface area contributed by atoms with Crippen molar-refractivity contribution in [1.29, 1.82) is 0 Å². The van der Waals surface area contributed by atoms with Crippen molar-refractivity contribution in [2.75, 3.05) is 25.7 Å². The van der Waals surface area contributed by atoms with Crippen molar-refractivity contribution in [3.8, 4) is 11.5 Å². The molecule has 0 N–H and O–H groups in total. The zero-order valence-electron chi connectivity index (χ0n) is 18.4. The molecule has 1 unspecified atom stereocenters. The number of amides is 2. The maximum absolute atomic E-state index is 13.4. The Balaban J connectivity index is 2.13. The van der Waals surface area contributed by atoms with E-state index in [1.165, 1.54) is 20.1 Å². The first-order valence-corrected chi connectivity index (χ1v) is 12.1. The Morgan fingerprint density at radius 3 is 2.41 bits per heavy atom. The molecule has 1 atom stereocenters. The van der Waals surface area contributed by atoms with E-state index in [4.69, 9.17) is 9.47 Å². The summed E-state index contributed by atoms with van der Waals surface area (Å²) in [6.45, 7) is 3.54. The molecule has 1 heterocycles. The predicted octanol–water partition coefficient (Wildman–Crippen LogP) is 2.61. The molecule has 3 rings (SSSR count). The van der Waals surface area contributed by atoms with Crippen molar-refractivity contribution in [2.45, 2.75) is 26.3 Å². The number of benzene rings is 2. The van der Waals surface area contributed by atoms with Crippen molar-refractivity contribution in [1.82, 2.24) is 4.90 Å². The van der Waals surface area contributed by atoms with Crippen LogP contribution in [0.4, 0.5) is 0 Å². The molecule has 32 heavy (non-hydrogen) atoms. The van der Waals surface area contributed by atoms with E-state index in [0.717, 1.165) is 11.2 Å². The average Bonchev–Trinajstić information content (AvgIpc) is 2.96. The van der Waals surface area contributed by atoms with Gasteiger partial charge in [-0.25, -0.2) is 8.42 Å². The number of imide groups is 1. The number of methoxy groups -OCH3 is 1. The van der Waals surface area contributed by atoms with Crippen molar-refractivity contribution in [3.05, 3.63) is 58.7 Å².